The van der Waals surface area contributed by atoms with E-state index in [2.05, 4.69) is 41.5 Å². The van der Waals surface area contributed by atoms with Gasteiger partial charge in [-0.3, -0.25) is 4.79 Å². The third-order valence-corrected chi connectivity index (χ3v) is 4.78. The van der Waals surface area contributed by atoms with Gasteiger partial charge in [-0.05, 0) is 49.8 Å². The number of nitrogens with zero attached hydrogens (tertiary/aromatic N) is 2. The van der Waals surface area contributed by atoms with Gasteiger partial charge < -0.3 is 20.3 Å². The number of carbonyl (C=O) groups excluding carboxylic acids is 1. The van der Waals surface area contributed by atoms with Gasteiger partial charge >= 0.3 is 0 Å². The molecule has 0 aromatic heterocycles. The lowest BCUT2D eigenvalue weighted by atomic mass is 9.93. The van der Waals surface area contributed by atoms with Crippen LogP contribution in [0.1, 0.15) is 45.1 Å². The second-order valence-corrected chi connectivity index (χ2v) is 6.97. The highest BCUT2D eigenvalue weighted by Gasteiger charge is 2.23. The molecular weight excluding hydrogens is 340 g/mol. The van der Waals surface area contributed by atoms with Crippen LogP contribution >= 0.6 is 0 Å². The molecule has 1 aromatic carbocycles. The fourth-order valence-corrected chi connectivity index (χ4v) is 3.26. The molecule has 2 N–H and O–H groups in total. The minimum absolute atomic E-state index is 0.138. The zero-order valence-electron chi connectivity index (χ0n) is 17.0. The van der Waals surface area contributed by atoms with Crippen molar-refractivity contribution in [1.29, 1.82) is 0 Å². The van der Waals surface area contributed by atoms with Crippen molar-refractivity contribution < 1.29 is 9.53 Å². The van der Waals surface area contributed by atoms with Gasteiger partial charge in [-0.1, -0.05) is 19.1 Å². The highest BCUT2D eigenvalue weighted by Crippen LogP contribution is 2.21. The predicted molar refractivity (Wildman–Crippen MR) is 110 cm³/mol. The quantitative estimate of drug-likeness (QED) is 0.542. The molecule has 1 aliphatic rings. The van der Waals surface area contributed by atoms with E-state index in [1.165, 1.54) is 0 Å². The first kappa shape index (κ1) is 21.1. The number of amides is 1. The van der Waals surface area contributed by atoms with Crippen LogP contribution in [0.5, 0.6) is 5.75 Å². The maximum Gasteiger partial charge on any atom is 0.220 e. The van der Waals surface area contributed by atoms with E-state index in [0.29, 0.717) is 18.9 Å². The van der Waals surface area contributed by atoms with Crippen LogP contribution in [-0.4, -0.2) is 50.1 Å². The second-order valence-electron chi connectivity index (χ2n) is 6.97. The monoisotopic (exact) mass is 374 g/mol. The Labute approximate surface area is 163 Å². The molecular formula is C21H34N4O2. The van der Waals surface area contributed by atoms with Crippen LogP contribution in [0.15, 0.2) is 29.3 Å². The molecule has 2 rings (SSSR count). The molecule has 0 unspecified atom stereocenters. The Morgan fingerprint density at radius 3 is 2.74 bits per heavy atom. The number of rotatable bonds is 8. The first-order chi connectivity index (χ1) is 13.2. The van der Waals surface area contributed by atoms with Gasteiger partial charge in [-0.2, -0.15) is 0 Å². The average molecular weight is 375 g/mol. The number of benzene rings is 1. The molecule has 150 valence electrons. The van der Waals surface area contributed by atoms with E-state index in [1.807, 2.05) is 12.1 Å². The molecule has 1 fully saturated rings. The normalized spacial score (nSPS) is 15.5. The summed E-state index contributed by atoms with van der Waals surface area (Å²) in [5.74, 6) is 2.47. The largest absolute Gasteiger partial charge is 0.494 e. The van der Waals surface area contributed by atoms with E-state index in [9.17, 15) is 4.79 Å². The van der Waals surface area contributed by atoms with E-state index in [-0.39, 0.29) is 5.91 Å². The number of ether oxygens (including phenoxy) is 1. The van der Waals surface area contributed by atoms with Crippen molar-refractivity contribution in [3.63, 3.8) is 0 Å². The third-order valence-electron chi connectivity index (χ3n) is 4.78. The first-order valence-electron chi connectivity index (χ1n) is 10.1. The van der Waals surface area contributed by atoms with E-state index >= 15 is 0 Å². The smallest absolute Gasteiger partial charge is 0.220 e. The van der Waals surface area contributed by atoms with Crippen LogP contribution in [0.25, 0.3) is 0 Å². The lowest BCUT2D eigenvalue weighted by Crippen LogP contribution is -2.46. The zero-order valence-corrected chi connectivity index (χ0v) is 17.0. The van der Waals surface area contributed by atoms with E-state index in [4.69, 9.17) is 9.73 Å². The summed E-state index contributed by atoms with van der Waals surface area (Å²) in [4.78, 5) is 18.7. The number of hydrogen-bond acceptors (Lipinski definition) is 3. The molecule has 6 nitrogen and oxygen atoms in total. The number of likely N-dealkylation sites (tertiary alicyclic amines) is 1. The molecule has 0 atom stereocenters. The van der Waals surface area contributed by atoms with Gasteiger partial charge in [-0.25, -0.2) is 4.99 Å². The van der Waals surface area contributed by atoms with Crippen LogP contribution in [0.2, 0.25) is 0 Å². The summed E-state index contributed by atoms with van der Waals surface area (Å²) < 4.78 is 5.71. The molecule has 0 aliphatic carbocycles. The lowest BCUT2D eigenvalue weighted by molar-refractivity contribution is -0.121. The molecule has 6 heteroatoms. The Hall–Kier alpha value is -2.24. The molecule has 1 amide bonds. The Balaban J connectivity index is 1.93. The topological polar surface area (TPSA) is 66.0 Å². The van der Waals surface area contributed by atoms with E-state index in [1.54, 1.807) is 7.05 Å². The van der Waals surface area contributed by atoms with E-state index in [0.717, 1.165) is 62.8 Å². The summed E-state index contributed by atoms with van der Waals surface area (Å²) in [5.41, 5.74) is 1.15. The maximum atomic E-state index is 11.6. The van der Waals surface area contributed by atoms with Gasteiger partial charge in [0.25, 0.3) is 0 Å². The minimum Gasteiger partial charge on any atom is -0.494 e. The van der Waals surface area contributed by atoms with Crippen molar-refractivity contribution in [1.82, 2.24) is 15.5 Å². The van der Waals surface area contributed by atoms with Crippen molar-refractivity contribution in [2.75, 3.05) is 33.3 Å². The molecule has 1 saturated heterocycles. The Bertz CT molecular complexity index is 610. The molecule has 0 spiro atoms. The summed E-state index contributed by atoms with van der Waals surface area (Å²) in [7, 11) is 1.70. The summed E-state index contributed by atoms with van der Waals surface area (Å²) in [6.07, 6.45) is 3.68. The van der Waals surface area contributed by atoms with Crippen LogP contribution in [0, 0.1) is 5.92 Å². The third kappa shape index (κ3) is 7.12. The highest BCUT2D eigenvalue weighted by molar-refractivity contribution is 5.80. The summed E-state index contributed by atoms with van der Waals surface area (Å²) in [6.45, 7) is 8.28. The number of carbonyl (C=O) groups is 1. The van der Waals surface area contributed by atoms with Gasteiger partial charge in [0.15, 0.2) is 5.96 Å². The molecule has 0 saturated carbocycles. The molecule has 27 heavy (non-hydrogen) atoms. The average Bonchev–Trinajstić information content (AvgIpc) is 2.70. The Morgan fingerprint density at radius 1 is 1.30 bits per heavy atom. The van der Waals surface area contributed by atoms with Gasteiger partial charge in [-0.15, -0.1) is 0 Å². The standard InChI is InChI=1S/C21H34N4O2/c1-4-13-27-19-8-6-7-18(14-19)16-24-21(23-5-2)25-11-9-17(10-12-25)15-20(26)22-3/h6-8,14,17H,4-5,9-13,15-16H2,1-3H3,(H,22,26)(H,23,24). The fourth-order valence-electron chi connectivity index (χ4n) is 3.26. The van der Waals surface area contributed by atoms with Crippen LogP contribution < -0.4 is 15.4 Å². The van der Waals surface area contributed by atoms with Crippen molar-refractivity contribution in [2.24, 2.45) is 10.9 Å². The Kier molecular flexibility index (Phi) is 8.95. The predicted octanol–water partition coefficient (Wildman–Crippen LogP) is 2.79. The molecule has 1 heterocycles. The Morgan fingerprint density at radius 2 is 2.07 bits per heavy atom. The number of nitrogens with one attached hydrogen (secondary N) is 2. The highest BCUT2D eigenvalue weighted by atomic mass is 16.5. The summed E-state index contributed by atoms with van der Waals surface area (Å²) in [5, 5.41) is 6.13. The van der Waals surface area contributed by atoms with Crippen molar-refractivity contribution >= 4 is 11.9 Å². The SMILES string of the molecule is CCCOc1cccc(CN=C(NCC)N2CCC(CC(=O)NC)CC2)c1. The molecule has 0 bridgehead atoms. The number of hydrogen-bond donors (Lipinski definition) is 2. The summed E-state index contributed by atoms with van der Waals surface area (Å²) >= 11 is 0. The fraction of sp³-hybridized carbons (Fsp3) is 0.619. The van der Waals surface area contributed by atoms with Crippen molar-refractivity contribution in [3.05, 3.63) is 29.8 Å². The summed E-state index contributed by atoms with van der Waals surface area (Å²) in [6, 6.07) is 8.16. The van der Waals surface area contributed by atoms with Gasteiger partial charge in [0.1, 0.15) is 5.75 Å². The van der Waals surface area contributed by atoms with Crippen LogP contribution in [0.4, 0.5) is 0 Å². The maximum absolute atomic E-state index is 11.6. The first-order valence-corrected chi connectivity index (χ1v) is 10.1. The molecule has 0 radical (unpaired) electrons. The molecule has 1 aromatic rings. The van der Waals surface area contributed by atoms with Gasteiger partial charge in [0.05, 0.1) is 13.2 Å². The second kappa shape index (κ2) is 11.5. The van der Waals surface area contributed by atoms with Crippen LogP contribution in [-0.2, 0) is 11.3 Å². The van der Waals surface area contributed by atoms with E-state index < -0.39 is 0 Å². The van der Waals surface area contributed by atoms with Crippen LogP contribution in [0.3, 0.4) is 0 Å². The number of aliphatic imine (C=N–C) groups is 1. The molecule has 1 aliphatic heterocycles. The van der Waals surface area contributed by atoms with Crippen molar-refractivity contribution in [3.8, 4) is 5.75 Å². The lowest BCUT2D eigenvalue weighted by Gasteiger charge is -2.34. The number of guanidine groups is 1. The number of piperidine rings is 1. The van der Waals surface area contributed by atoms with Crippen molar-refractivity contribution in [2.45, 2.75) is 46.1 Å². The minimum atomic E-state index is 0.138. The van der Waals surface area contributed by atoms with Gasteiger partial charge in [0, 0.05) is 33.1 Å². The van der Waals surface area contributed by atoms with Gasteiger partial charge in [0.2, 0.25) is 5.91 Å². The zero-order chi connectivity index (χ0) is 19.5.